The third-order valence-corrected chi connectivity index (χ3v) is 5.88. The summed E-state index contributed by atoms with van der Waals surface area (Å²) in [6.45, 7) is 1.21. The third kappa shape index (κ3) is 2.89. The molecule has 4 rings (SSSR count). The highest BCUT2D eigenvalue weighted by Crippen LogP contribution is 2.45. The zero-order valence-electron chi connectivity index (χ0n) is 13.6. The van der Waals surface area contributed by atoms with Crippen LogP contribution in [0.25, 0.3) is 0 Å². The fraction of sp³-hybridized carbons (Fsp3) is 0.765. The van der Waals surface area contributed by atoms with Crippen molar-refractivity contribution in [3.63, 3.8) is 0 Å². The fourth-order valence-corrected chi connectivity index (χ4v) is 4.02. The third-order valence-electron chi connectivity index (χ3n) is 5.65. The molecule has 2 heterocycles. The Hall–Kier alpha value is -1.07. The number of hydrogen-bond acceptors (Lipinski definition) is 3. The number of halogens is 1. The number of carbonyl (C=O) groups excluding carboxylic acids is 1. The minimum Gasteiger partial charge on any atom is -0.373 e. The van der Waals surface area contributed by atoms with E-state index in [0.717, 1.165) is 25.0 Å². The lowest BCUT2D eigenvalue weighted by Crippen LogP contribution is -2.43. The molecular formula is C17H24ClN3O2. The van der Waals surface area contributed by atoms with Gasteiger partial charge in [0.05, 0.1) is 36.2 Å². The van der Waals surface area contributed by atoms with Crippen LogP contribution in [0, 0.1) is 0 Å². The summed E-state index contributed by atoms with van der Waals surface area (Å²) in [4.78, 5) is 14.3. The van der Waals surface area contributed by atoms with Crippen molar-refractivity contribution >= 4 is 17.5 Å². The second-order valence-electron chi connectivity index (χ2n) is 7.32. The Balaban J connectivity index is 1.51. The largest absolute Gasteiger partial charge is 0.373 e. The Labute approximate surface area is 141 Å². The van der Waals surface area contributed by atoms with Gasteiger partial charge in [-0.05, 0) is 44.6 Å². The number of aryl methyl sites for hydroxylation is 1. The summed E-state index contributed by atoms with van der Waals surface area (Å²) in [6, 6.07) is 2.29. The van der Waals surface area contributed by atoms with Crippen LogP contribution in [0.5, 0.6) is 0 Å². The zero-order valence-corrected chi connectivity index (χ0v) is 14.4. The van der Waals surface area contributed by atoms with Crippen LogP contribution in [0.15, 0.2) is 6.07 Å². The Kier molecular flexibility index (Phi) is 3.88. The number of hydrogen-bond donors (Lipinski definition) is 0. The van der Waals surface area contributed by atoms with Gasteiger partial charge in [0.2, 0.25) is 5.91 Å². The van der Waals surface area contributed by atoms with E-state index in [2.05, 4.69) is 11.2 Å². The van der Waals surface area contributed by atoms with Crippen LogP contribution < -0.4 is 0 Å². The van der Waals surface area contributed by atoms with Gasteiger partial charge in [-0.1, -0.05) is 0 Å². The highest BCUT2D eigenvalue weighted by Gasteiger charge is 2.47. The smallest absolute Gasteiger partial charge is 0.238 e. The van der Waals surface area contributed by atoms with E-state index in [1.54, 1.807) is 0 Å². The molecule has 23 heavy (non-hydrogen) atoms. The molecule has 126 valence electrons. The topological polar surface area (TPSA) is 47.4 Å². The maximum Gasteiger partial charge on any atom is 0.238 e. The van der Waals surface area contributed by atoms with Gasteiger partial charge in [-0.15, -0.1) is 11.6 Å². The molecule has 1 saturated heterocycles. The van der Waals surface area contributed by atoms with Crippen LogP contribution in [-0.2, 0) is 23.1 Å². The Morgan fingerprint density at radius 2 is 2.30 bits per heavy atom. The highest BCUT2D eigenvalue weighted by molar-refractivity contribution is 6.27. The first-order chi connectivity index (χ1) is 11.1. The number of ether oxygens (including phenoxy) is 1. The summed E-state index contributed by atoms with van der Waals surface area (Å²) in [6.07, 6.45) is 6.92. The van der Waals surface area contributed by atoms with Crippen LogP contribution in [-0.4, -0.2) is 44.7 Å². The van der Waals surface area contributed by atoms with Gasteiger partial charge in [-0.25, -0.2) is 0 Å². The molecule has 6 heteroatoms. The van der Waals surface area contributed by atoms with Crippen LogP contribution in [0.2, 0.25) is 0 Å². The molecule has 1 unspecified atom stereocenters. The Bertz CT molecular complexity index is 607. The minimum absolute atomic E-state index is 0.00851. The molecule has 1 amide bonds. The predicted molar refractivity (Wildman–Crippen MR) is 87.4 cm³/mol. The first-order valence-electron chi connectivity index (χ1n) is 8.62. The molecule has 0 radical (unpaired) electrons. The van der Waals surface area contributed by atoms with Gasteiger partial charge in [0.15, 0.2) is 0 Å². The first kappa shape index (κ1) is 15.5. The molecule has 2 saturated carbocycles. The van der Waals surface area contributed by atoms with Gasteiger partial charge in [-0.3, -0.25) is 9.48 Å². The number of amides is 1. The quantitative estimate of drug-likeness (QED) is 0.776. The normalized spacial score (nSPS) is 25.6. The van der Waals surface area contributed by atoms with Crippen molar-refractivity contribution in [3.05, 3.63) is 17.5 Å². The van der Waals surface area contributed by atoms with E-state index >= 15 is 0 Å². The second kappa shape index (κ2) is 5.78. The summed E-state index contributed by atoms with van der Waals surface area (Å²) in [5, 5.41) is 4.61. The van der Waals surface area contributed by atoms with Gasteiger partial charge >= 0.3 is 0 Å². The second-order valence-corrected chi connectivity index (χ2v) is 7.59. The van der Waals surface area contributed by atoms with E-state index in [0.29, 0.717) is 19.1 Å². The molecule has 1 atom stereocenters. The standard InChI is InChI=1S/C17H24ClN3O2/c1-20-13(7-15(19-20)12-3-4-12)10-21(16(22)9-18)14-8-17(23-11-14)5-2-6-17/h7,12,14H,2-6,8-11H2,1H3. The maximum atomic E-state index is 12.4. The predicted octanol–water partition coefficient (Wildman–Crippen LogP) is 2.58. The molecule has 0 aromatic carbocycles. The molecule has 1 aromatic rings. The number of rotatable bonds is 5. The van der Waals surface area contributed by atoms with E-state index in [1.807, 2.05) is 16.6 Å². The molecule has 0 N–H and O–H groups in total. The molecular weight excluding hydrogens is 314 g/mol. The van der Waals surface area contributed by atoms with E-state index in [-0.39, 0.29) is 23.4 Å². The van der Waals surface area contributed by atoms with Gasteiger partial charge in [0.25, 0.3) is 0 Å². The van der Waals surface area contributed by atoms with E-state index < -0.39 is 0 Å². The number of aromatic nitrogens is 2. The SMILES string of the molecule is Cn1nc(C2CC2)cc1CN(C(=O)CCl)C1COC2(CCC2)C1. The van der Waals surface area contributed by atoms with Gasteiger partial charge in [0, 0.05) is 13.0 Å². The minimum atomic E-state index is -0.00851. The first-order valence-corrected chi connectivity index (χ1v) is 9.16. The lowest BCUT2D eigenvalue weighted by Gasteiger charge is -2.37. The monoisotopic (exact) mass is 337 g/mol. The highest BCUT2D eigenvalue weighted by atomic mass is 35.5. The van der Waals surface area contributed by atoms with E-state index in [1.165, 1.54) is 25.0 Å². The molecule has 5 nitrogen and oxygen atoms in total. The van der Waals surface area contributed by atoms with Crippen molar-refractivity contribution in [2.75, 3.05) is 12.5 Å². The van der Waals surface area contributed by atoms with Crippen LogP contribution >= 0.6 is 11.6 Å². The lowest BCUT2D eigenvalue weighted by atomic mass is 9.77. The van der Waals surface area contributed by atoms with Crippen molar-refractivity contribution in [1.29, 1.82) is 0 Å². The van der Waals surface area contributed by atoms with Crippen molar-refractivity contribution < 1.29 is 9.53 Å². The van der Waals surface area contributed by atoms with E-state index in [4.69, 9.17) is 16.3 Å². The van der Waals surface area contributed by atoms with Crippen molar-refractivity contribution in [2.45, 2.75) is 62.6 Å². The molecule has 0 bridgehead atoms. The van der Waals surface area contributed by atoms with Gasteiger partial charge < -0.3 is 9.64 Å². The summed E-state index contributed by atoms with van der Waals surface area (Å²) in [5.41, 5.74) is 2.29. The Morgan fingerprint density at radius 3 is 2.87 bits per heavy atom. The molecule has 1 aromatic heterocycles. The molecule has 2 aliphatic carbocycles. The Morgan fingerprint density at radius 1 is 1.52 bits per heavy atom. The molecule has 1 spiro atoms. The van der Waals surface area contributed by atoms with Crippen molar-refractivity contribution in [3.8, 4) is 0 Å². The van der Waals surface area contributed by atoms with Crippen LogP contribution in [0.4, 0.5) is 0 Å². The lowest BCUT2D eigenvalue weighted by molar-refractivity contribution is -0.131. The van der Waals surface area contributed by atoms with Gasteiger partial charge in [0.1, 0.15) is 5.88 Å². The number of carbonyl (C=O) groups is 1. The van der Waals surface area contributed by atoms with Crippen molar-refractivity contribution in [2.24, 2.45) is 7.05 Å². The summed E-state index contributed by atoms with van der Waals surface area (Å²) in [5.74, 6) is 0.641. The maximum absolute atomic E-state index is 12.4. The summed E-state index contributed by atoms with van der Waals surface area (Å²) >= 11 is 5.86. The van der Waals surface area contributed by atoms with Gasteiger partial charge in [-0.2, -0.15) is 5.10 Å². The number of alkyl halides is 1. The summed E-state index contributed by atoms with van der Waals surface area (Å²) in [7, 11) is 1.96. The summed E-state index contributed by atoms with van der Waals surface area (Å²) < 4.78 is 7.94. The van der Waals surface area contributed by atoms with Crippen molar-refractivity contribution in [1.82, 2.24) is 14.7 Å². The van der Waals surface area contributed by atoms with E-state index in [9.17, 15) is 4.79 Å². The fourth-order valence-electron chi connectivity index (χ4n) is 3.87. The molecule has 3 fully saturated rings. The molecule has 3 aliphatic rings. The average molecular weight is 338 g/mol. The molecule has 1 aliphatic heterocycles. The zero-order chi connectivity index (χ0) is 16.0. The van der Waals surface area contributed by atoms with Crippen LogP contribution in [0.3, 0.4) is 0 Å². The van der Waals surface area contributed by atoms with Crippen LogP contribution in [0.1, 0.15) is 55.8 Å². The average Bonchev–Trinajstić information content (AvgIpc) is 3.15. The number of nitrogens with zero attached hydrogens (tertiary/aromatic N) is 3.